The maximum atomic E-state index is 11.4. The lowest BCUT2D eigenvalue weighted by molar-refractivity contribution is -0.112. The predicted molar refractivity (Wildman–Crippen MR) is 80.5 cm³/mol. The number of allylic oxidation sites excluding steroid dienone is 1. The summed E-state index contributed by atoms with van der Waals surface area (Å²) >= 11 is 0. The third-order valence-electron chi connectivity index (χ3n) is 6.45. The van der Waals surface area contributed by atoms with Crippen molar-refractivity contribution in [1.29, 1.82) is 0 Å². The second-order valence-electron chi connectivity index (χ2n) is 8.24. The van der Waals surface area contributed by atoms with Crippen LogP contribution < -0.4 is 0 Å². The molecule has 0 amide bonds. The first kappa shape index (κ1) is 14.3. The van der Waals surface area contributed by atoms with Gasteiger partial charge in [-0.05, 0) is 55.4 Å². The highest BCUT2D eigenvalue weighted by molar-refractivity contribution is 5.87. The van der Waals surface area contributed by atoms with E-state index in [0.29, 0.717) is 16.7 Å². The molecule has 1 aliphatic heterocycles. The second-order valence-corrected chi connectivity index (χ2v) is 8.24. The van der Waals surface area contributed by atoms with Crippen molar-refractivity contribution in [3.63, 3.8) is 0 Å². The van der Waals surface area contributed by atoms with Crippen LogP contribution in [0.3, 0.4) is 0 Å². The molecule has 2 saturated carbocycles. The van der Waals surface area contributed by atoms with E-state index in [2.05, 4.69) is 26.8 Å². The number of hydrogen-bond donors (Lipinski definition) is 0. The molecule has 3 fully saturated rings. The van der Waals surface area contributed by atoms with Gasteiger partial charge in [-0.1, -0.05) is 33.3 Å². The molecule has 3 aliphatic rings. The highest BCUT2D eigenvalue weighted by Crippen LogP contribution is 2.65. The zero-order valence-corrected chi connectivity index (χ0v) is 13.4. The molecule has 1 saturated heterocycles. The highest BCUT2D eigenvalue weighted by atomic mass is 16.6. The Morgan fingerprint density at radius 3 is 2.50 bits per heavy atom. The average Bonchev–Trinajstić information content (AvgIpc) is 3.07. The first-order valence-electron chi connectivity index (χ1n) is 8.13. The van der Waals surface area contributed by atoms with Crippen LogP contribution in [0.15, 0.2) is 12.2 Å². The van der Waals surface area contributed by atoms with E-state index in [-0.39, 0.29) is 11.4 Å². The van der Waals surface area contributed by atoms with Crippen LogP contribution >= 0.6 is 0 Å². The van der Waals surface area contributed by atoms with E-state index in [1.54, 1.807) is 13.0 Å². The molecule has 1 heterocycles. The number of ketones is 1. The fourth-order valence-corrected chi connectivity index (χ4v) is 5.45. The van der Waals surface area contributed by atoms with Crippen LogP contribution in [-0.4, -0.2) is 18.0 Å². The van der Waals surface area contributed by atoms with Crippen LogP contribution in [0.2, 0.25) is 0 Å². The zero-order valence-electron chi connectivity index (χ0n) is 13.4. The van der Waals surface area contributed by atoms with Gasteiger partial charge in [-0.25, -0.2) is 0 Å². The quantitative estimate of drug-likeness (QED) is 0.560. The van der Waals surface area contributed by atoms with Crippen LogP contribution in [0.25, 0.3) is 0 Å². The van der Waals surface area contributed by atoms with Crippen molar-refractivity contribution in [2.45, 2.75) is 65.4 Å². The largest absolute Gasteiger partial charge is 0.369 e. The lowest BCUT2D eigenvalue weighted by Gasteiger charge is -2.58. The normalized spacial score (nSPS) is 46.4. The van der Waals surface area contributed by atoms with Gasteiger partial charge in [0.15, 0.2) is 5.78 Å². The molecule has 112 valence electrons. The summed E-state index contributed by atoms with van der Waals surface area (Å²) in [4.78, 5) is 11.4. The Balaban J connectivity index is 1.96. The summed E-state index contributed by atoms with van der Waals surface area (Å²) in [5, 5.41) is 0. The average molecular weight is 276 g/mol. The summed E-state index contributed by atoms with van der Waals surface area (Å²) in [5.74, 6) is 1.32. The van der Waals surface area contributed by atoms with Gasteiger partial charge in [0, 0.05) is 5.92 Å². The second kappa shape index (κ2) is 4.43. The van der Waals surface area contributed by atoms with Crippen LogP contribution in [0.1, 0.15) is 59.8 Å². The lowest BCUT2D eigenvalue weighted by atomic mass is 9.46. The van der Waals surface area contributed by atoms with Crippen molar-refractivity contribution < 1.29 is 9.53 Å². The number of hydrogen-bond acceptors (Lipinski definition) is 2. The number of carbonyl (C=O) groups is 1. The third kappa shape index (κ3) is 2.07. The van der Waals surface area contributed by atoms with Gasteiger partial charge >= 0.3 is 0 Å². The number of epoxide rings is 1. The highest BCUT2D eigenvalue weighted by Gasteiger charge is 2.64. The Bertz CT molecular complexity index is 444. The molecular formula is C18H28O2. The maximum Gasteiger partial charge on any atom is 0.152 e. The molecule has 0 radical (unpaired) electrons. The van der Waals surface area contributed by atoms with Crippen LogP contribution in [0, 0.1) is 22.7 Å². The van der Waals surface area contributed by atoms with Crippen molar-refractivity contribution in [3.8, 4) is 0 Å². The molecule has 1 spiro atoms. The van der Waals surface area contributed by atoms with Crippen molar-refractivity contribution in [2.75, 3.05) is 6.61 Å². The van der Waals surface area contributed by atoms with Gasteiger partial charge in [-0.2, -0.15) is 0 Å². The monoisotopic (exact) mass is 276 g/mol. The molecule has 2 aliphatic carbocycles. The van der Waals surface area contributed by atoms with E-state index < -0.39 is 0 Å². The van der Waals surface area contributed by atoms with E-state index in [1.807, 2.05) is 0 Å². The minimum absolute atomic E-state index is 0.0601. The lowest BCUT2D eigenvalue weighted by Crippen LogP contribution is -2.54. The molecular weight excluding hydrogens is 248 g/mol. The van der Waals surface area contributed by atoms with E-state index in [1.165, 1.54) is 32.1 Å². The number of carbonyl (C=O) groups excluding carboxylic acids is 1. The van der Waals surface area contributed by atoms with Gasteiger partial charge in [-0.3, -0.25) is 4.79 Å². The van der Waals surface area contributed by atoms with Crippen LogP contribution in [0.4, 0.5) is 0 Å². The predicted octanol–water partition coefficient (Wildman–Crippen LogP) is 4.14. The Hall–Kier alpha value is -0.630. The van der Waals surface area contributed by atoms with E-state index in [9.17, 15) is 4.79 Å². The smallest absolute Gasteiger partial charge is 0.152 e. The zero-order chi connectivity index (χ0) is 14.6. The minimum Gasteiger partial charge on any atom is -0.369 e. The minimum atomic E-state index is 0.0601. The van der Waals surface area contributed by atoms with Crippen molar-refractivity contribution >= 4 is 5.78 Å². The first-order valence-corrected chi connectivity index (χ1v) is 8.13. The van der Waals surface area contributed by atoms with Crippen molar-refractivity contribution in [1.82, 2.24) is 0 Å². The van der Waals surface area contributed by atoms with Gasteiger partial charge in [0.2, 0.25) is 0 Å². The van der Waals surface area contributed by atoms with Crippen LogP contribution in [-0.2, 0) is 9.53 Å². The first-order chi connectivity index (χ1) is 9.30. The van der Waals surface area contributed by atoms with E-state index >= 15 is 0 Å². The molecule has 1 unspecified atom stereocenters. The van der Waals surface area contributed by atoms with E-state index in [4.69, 9.17) is 4.74 Å². The molecule has 0 aromatic carbocycles. The van der Waals surface area contributed by atoms with Gasteiger partial charge in [0.05, 0.1) is 12.2 Å². The fraction of sp³-hybridized carbons (Fsp3) is 0.833. The molecule has 0 aromatic rings. The number of fused-ring (bicyclic) bond motifs is 1. The molecule has 0 bridgehead atoms. The Morgan fingerprint density at radius 1 is 1.20 bits per heavy atom. The topological polar surface area (TPSA) is 29.6 Å². The summed E-state index contributed by atoms with van der Waals surface area (Å²) < 4.78 is 5.90. The Kier molecular flexibility index (Phi) is 3.17. The summed E-state index contributed by atoms with van der Waals surface area (Å²) in [6, 6.07) is 0. The summed E-state index contributed by atoms with van der Waals surface area (Å²) in [6.07, 6.45) is 10.3. The molecule has 20 heavy (non-hydrogen) atoms. The molecule has 0 N–H and O–H groups in total. The summed E-state index contributed by atoms with van der Waals surface area (Å²) in [6.45, 7) is 9.86. The molecule has 4 atom stereocenters. The van der Waals surface area contributed by atoms with Crippen molar-refractivity contribution in [3.05, 3.63) is 12.2 Å². The van der Waals surface area contributed by atoms with Crippen molar-refractivity contribution in [2.24, 2.45) is 22.7 Å². The van der Waals surface area contributed by atoms with E-state index in [0.717, 1.165) is 12.5 Å². The Morgan fingerprint density at radius 2 is 1.90 bits per heavy atom. The number of ether oxygens (including phenoxy) is 1. The summed E-state index contributed by atoms with van der Waals surface area (Å²) in [7, 11) is 0. The standard InChI is InChI=1S/C18H28O2/c1-13(19)6-7-15-17(4)10-5-9-16(2,3)14(17)8-11-18(15)12-20-18/h6-7,14-15H,5,8-12H2,1-4H3/b7-6+/t14?,15-,17+,18-/m1/s1. The number of rotatable bonds is 2. The Labute approximate surface area is 123 Å². The van der Waals surface area contributed by atoms with Gasteiger partial charge in [0.1, 0.15) is 0 Å². The SMILES string of the molecule is CC(=O)/C=C/[C@H]1[C@@]2(CCC3C(C)(C)CCC[C@@]31C)CO2. The van der Waals surface area contributed by atoms with Crippen LogP contribution in [0.5, 0.6) is 0 Å². The molecule has 2 heteroatoms. The molecule has 0 aromatic heterocycles. The maximum absolute atomic E-state index is 11.4. The summed E-state index contributed by atoms with van der Waals surface area (Å²) in [5.41, 5.74) is 0.777. The molecule has 2 nitrogen and oxygen atoms in total. The van der Waals surface area contributed by atoms with Gasteiger partial charge in [-0.15, -0.1) is 0 Å². The fourth-order valence-electron chi connectivity index (χ4n) is 5.45. The molecule has 3 rings (SSSR count). The van der Waals surface area contributed by atoms with Gasteiger partial charge in [0.25, 0.3) is 0 Å². The third-order valence-corrected chi connectivity index (χ3v) is 6.45. The van der Waals surface area contributed by atoms with Gasteiger partial charge < -0.3 is 4.74 Å².